The van der Waals surface area contributed by atoms with Crippen LogP contribution >= 0.6 is 0 Å². The Morgan fingerprint density at radius 1 is 0.818 bits per heavy atom. The molecule has 0 aliphatic heterocycles. The van der Waals surface area contributed by atoms with Gasteiger partial charge in [0.2, 0.25) is 0 Å². The van der Waals surface area contributed by atoms with Gasteiger partial charge in [-0.25, -0.2) is 0 Å². The highest BCUT2D eigenvalue weighted by molar-refractivity contribution is 6.82. The van der Waals surface area contributed by atoms with Crippen molar-refractivity contribution < 1.29 is 0 Å². The van der Waals surface area contributed by atoms with Gasteiger partial charge in [-0.1, -0.05) is 89.6 Å². The minimum atomic E-state index is -1.08. The monoisotopic (exact) mass is 323 g/mol. The van der Waals surface area contributed by atoms with Crippen molar-refractivity contribution in [3.63, 3.8) is 0 Å². The lowest BCUT2D eigenvalue weighted by Crippen LogP contribution is -2.21. The Labute approximate surface area is 141 Å². The third-order valence-electron chi connectivity index (χ3n) is 4.31. The summed E-state index contributed by atoms with van der Waals surface area (Å²) in [5.41, 5.74) is 2.43. The molecule has 0 saturated heterocycles. The van der Waals surface area contributed by atoms with Crippen LogP contribution in [0.25, 0.3) is 0 Å². The summed E-state index contributed by atoms with van der Waals surface area (Å²) in [4.78, 5) is 4.58. The van der Waals surface area contributed by atoms with E-state index in [1.165, 1.54) is 76.7 Å². The molecule has 1 nitrogen and oxygen atoms in total. The first-order valence-electron chi connectivity index (χ1n) is 9.74. The molecule has 0 aromatic rings. The van der Waals surface area contributed by atoms with Crippen molar-refractivity contribution in [1.29, 1.82) is 0 Å². The van der Waals surface area contributed by atoms with E-state index in [4.69, 9.17) is 0 Å². The Bertz CT molecular complexity index is 281. The van der Waals surface area contributed by atoms with Gasteiger partial charge < -0.3 is 0 Å². The van der Waals surface area contributed by atoms with E-state index in [9.17, 15) is 0 Å². The first-order valence-corrected chi connectivity index (χ1v) is 13.0. The zero-order valence-electron chi connectivity index (χ0n) is 15.9. The fourth-order valence-corrected chi connectivity index (χ4v) is 4.79. The lowest BCUT2D eigenvalue weighted by atomic mass is 10.1. The number of nitrogens with zero attached hydrogens (tertiary/aromatic N) is 1. The Balaban J connectivity index is 3.27. The van der Waals surface area contributed by atoms with Gasteiger partial charge in [-0.05, 0) is 32.0 Å². The Morgan fingerprint density at radius 3 is 1.91 bits per heavy atom. The molecule has 22 heavy (non-hydrogen) atoms. The number of hydrogen-bond donors (Lipinski definition) is 0. The largest absolute Gasteiger partial charge is 0.298 e. The van der Waals surface area contributed by atoms with Crippen LogP contribution in [0.4, 0.5) is 0 Å². The average Bonchev–Trinajstić information content (AvgIpc) is 2.47. The van der Waals surface area contributed by atoms with Crippen LogP contribution in [0, 0.1) is 0 Å². The molecule has 0 fully saturated rings. The Hall–Kier alpha value is -0.373. The molecular formula is C20H41NSi. The van der Waals surface area contributed by atoms with Crippen LogP contribution in [-0.4, -0.2) is 20.8 Å². The molecule has 0 aliphatic rings. The number of aliphatic imine (C=N–C) groups is 1. The van der Waals surface area contributed by atoms with Crippen LogP contribution in [0.15, 0.2) is 16.8 Å². The van der Waals surface area contributed by atoms with E-state index in [1.54, 1.807) is 0 Å². The predicted molar refractivity (Wildman–Crippen MR) is 107 cm³/mol. The van der Waals surface area contributed by atoms with Crippen LogP contribution in [0.5, 0.6) is 0 Å². The first kappa shape index (κ1) is 21.6. The highest BCUT2D eigenvalue weighted by Gasteiger charge is 2.14. The van der Waals surface area contributed by atoms with Gasteiger partial charge in [0, 0.05) is 6.54 Å². The zero-order chi connectivity index (χ0) is 16.5. The van der Waals surface area contributed by atoms with Crippen LogP contribution in [0.1, 0.15) is 84.5 Å². The maximum Gasteiger partial charge on any atom is 0.0716 e. The molecule has 0 radical (unpaired) electrons. The molecule has 130 valence electrons. The smallest absolute Gasteiger partial charge is 0.0716 e. The van der Waals surface area contributed by atoms with Crippen LogP contribution in [-0.2, 0) is 0 Å². The van der Waals surface area contributed by atoms with Crippen molar-refractivity contribution in [3.05, 3.63) is 11.8 Å². The molecule has 0 rings (SSSR count). The third-order valence-corrected chi connectivity index (χ3v) is 7.12. The van der Waals surface area contributed by atoms with E-state index in [-0.39, 0.29) is 0 Å². The minimum absolute atomic E-state index is 1.04. The number of allylic oxidation sites excluding steroid dienone is 1. The lowest BCUT2D eigenvalue weighted by molar-refractivity contribution is 0.558. The predicted octanol–water partition coefficient (Wildman–Crippen LogP) is 7.19. The van der Waals surface area contributed by atoms with E-state index < -0.39 is 8.07 Å². The molecule has 0 bridgehead atoms. The van der Waals surface area contributed by atoms with Gasteiger partial charge in [-0.2, -0.15) is 0 Å². The molecule has 0 aliphatic carbocycles. The van der Waals surface area contributed by atoms with Gasteiger partial charge in [0.1, 0.15) is 0 Å². The summed E-state index contributed by atoms with van der Waals surface area (Å²) >= 11 is 0. The highest BCUT2D eigenvalue weighted by atomic mass is 28.3. The molecule has 2 heteroatoms. The average molecular weight is 324 g/mol. The number of unbranched alkanes of at least 4 members (excludes halogenated alkanes) is 9. The van der Waals surface area contributed by atoms with E-state index in [2.05, 4.69) is 49.9 Å². The Kier molecular flexibility index (Phi) is 15.3. The van der Waals surface area contributed by atoms with Crippen molar-refractivity contribution in [2.75, 3.05) is 6.54 Å². The molecule has 0 unspecified atom stereocenters. The summed E-state index contributed by atoms with van der Waals surface area (Å²) < 4.78 is 0. The summed E-state index contributed by atoms with van der Waals surface area (Å²) in [6, 6.07) is 1.33. The van der Waals surface area contributed by atoms with Gasteiger partial charge >= 0.3 is 0 Å². The summed E-state index contributed by atoms with van der Waals surface area (Å²) in [5.74, 6) is 0. The van der Waals surface area contributed by atoms with Gasteiger partial charge in [0.15, 0.2) is 0 Å². The van der Waals surface area contributed by atoms with E-state index in [1.807, 2.05) is 0 Å². The minimum Gasteiger partial charge on any atom is -0.298 e. The first-order chi connectivity index (χ1) is 10.6. The molecular weight excluding hydrogens is 282 g/mol. The number of hydrogen-bond acceptors (Lipinski definition) is 1. The molecule has 0 aromatic carbocycles. The summed E-state index contributed by atoms with van der Waals surface area (Å²) in [5, 5.41) is 0. The molecule has 0 heterocycles. The molecule has 0 N–H and O–H groups in total. The summed E-state index contributed by atoms with van der Waals surface area (Å²) in [7, 11) is -1.08. The molecule has 0 aromatic heterocycles. The summed E-state index contributed by atoms with van der Waals surface area (Å²) in [6.45, 7) is 10.3. The maximum atomic E-state index is 4.58. The third kappa shape index (κ3) is 16.0. The normalized spacial score (nSPS) is 12.7. The highest BCUT2D eigenvalue weighted by Crippen LogP contribution is 2.13. The van der Waals surface area contributed by atoms with E-state index >= 15 is 0 Å². The SMILES string of the molecule is CC=C[Si](C)(C)CCC=NCCCCCCCCCCCC. The van der Waals surface area contributed by atoms with Crippen molar-refractivity contribution in [1.82, 2.24) is 0 Å². The van der Waals surface area contributed by atoms with Gasteiger partial charge in [0.25, 0.3) is 0 Å². The molecule has 0 spiro atoms. The second kappa shape index (κ2) is 15.5. The molecule has 0 saturated carbocycles. The number of rotatable bonds is 15. The standard InChI is InChI=1S/C20H41NSi/c1-5-7-8-9-10-11-12-13-14-15-17-21-18-16-20-22(3,4)19-6-2/h6,18-19H,5,7-17,20H2,1-4H3. The van der Waals surface area contributed by atoms with Crippen LogP contribution < -0.4 is 0 Å². The topological polar surface area (TPSA) is 12.4 Å². The molecule has 0 amide bonds. The van der Waals surface area contributed by atoms with E-state index in [0.717, 1.165) is 6.54 Å². The maximum absolute atomic E-state index is 4.58. The van der Waals surface area contributed by atoms with E-state index in [0.29, 0.717) is 0 Å². The second-order valence-corrected chi connectivity index (χ2v) is 12.1. The van der Waals surface area contributed by atoms with Crippen molar-refractivity contribution >= 4 is 14.3 Å². The van der Waals surface area contributed by atoms with Crippen LogP contribution in [0.2, 0.25) is 19.1 Å². The van der Waals surface area contributed by atoms with Crippen molar-refractivity contribution in [3.8, 4) is 0 Å². The zero-order valence-corrected chi connectivity index (χ0v) is 16.9. The summed E-state index contributed by atoms with van der Waals surface area (Å²) in [6.07, 6.45) is 19.6. The Morgan fingerprint density at radius 2 is 1.36 bits per heavy atom. The fourth-order valence-electron chi connectivity index (χ4n) is 2.84. The van der Waals surface area contributed by atoms with Crippen LogP contribution in [0.3, 0.4) is 0 Å². The van der Waals surface area contributed by atoms with Gasteiger partial charge in [-0.3, -0.25) is 4.99 Å². The quantitative estimate of drug-likeness (QED) is 0.172. The lowest BCUT2D eigenvalue weighted by Gasteiger charge is -2.15. The van der Waals surface area contributed by atoms with Gasteiger partial charge in [-0.15, -0.1) is 0 Å². The molecule has 0 atom stereocenters. The van der Waals surface area contributed by atoms with Crippen molar-refractivity contribution in [2.45, 2.75) is 104 Å². The van der Waals surface area contributed by atoms with Gasteiger partial charge in [0.05, 0.1) is 8.07 Å². The fraction of sp³-hybridized carbons (Fsp3) is 0.850. The van der Waals surface area contributed by atoms with Crippen molar-refractivity contribution in [2.24, 2.45) is 4.99 Å². The second-order valence-electron chi connectivity index (χ2n) is 7.30.